The molecule has 0 aromatic heterocycles. The van der Waals surface area contributed by atoms with Crippen LogP contribution in [0.1, 0.15) is 11.7 Å². The quantitative estimate of drug-likeness (QED) is 0.833. The van der Waals surface area contributed by atoms with Crippen LogP contribution in [-0.4, -0.2) is 30.4 Å². The van der Waals surface area contributed by atoms with Gasteiger partial charge >= 0.3 is 12.1 Å². The van der Waals surface area contributed by atoms with Gasteiger partial charge in [-0.1, -0.05) is 30.3 Å². The predicted molar refractivity (Wildman–Crippen MR) is 53.2 cm³/mol. The first kappa shape index (κ1) is 14.8. The van der Waals surface area contributed by atoms with Gasteiger partial charge in [0, 0.05) is 0 Å². The van der Waals surface area contributed by atoms with Crippen molar-refractivity contribution in [1.82, 2.24) is 0 Å². The number of aliphatic hydroxyl groups is 1. The molecule has 1 rings (SSSR count). The van der Waals surface area contributed by atoms with E-state index in [0.717, 1.165) is 0 Å². The van der Waals surface area contributed by atoms with Crippen LogP contribution in [0.25, 0.3) is 0 Å². The lowest BCUT2D eigenvalue weighted by atomic mass is 10.1. The standard InChI is InChI=1S/C11H11F5O2/c12-10(13,11(14,15)16)7-18-6-9(17)8-4-2-1-3-5-8/h1-5,9,17H,6-7H2. The molecule has 0 saturated heterocycles. The Morgan fingerprint density at radius 2 is 1.61 bits per heavy atom. The van der Waals surface area contributed by atoms with Crippen molar-refractivity contribution >= 4 is 0 Å². The SMILES string of the molecule is OC(COCC(F)(F)C(F)(F)F)c1ccccc1. The Morgan fingerprint density at radius 3 is 2.11 bits per heavy atom. The monoisotopic (exact) mass is 270 g/mol. The number of halogens is 5. The summed E-state index contributed by atoms with van der Waals surface area (Å²) in [5.74, 6) is -4.91. The number of hydrogen-bond donors (Lipinski definition) is 1. The average molecular weight is 270 g/mol. The van der Waals surface area contributed by atoms with E-state index in [1.54, 1.807) is 18.2 Å². The maximum Gasteiger partial charge on any atom is 0.455 e. The molecule has 1 aromatic carbocycles. The van der Waals surface area contributed by atoms with Gasteiger partial charge in [0.05, 0.1) is 6.61 Å². The third kappa shape index (κ3) is 3.92. The molecule has 2 nitrogen and oxygen atoms in total. The minimum absolute atomic E-state index is 0.382. The van der Waals surface area contributed by atoms with Crippen LogP contribution in [0.4, 0.5) is 22.0 Å². The second-order valence-electron chi connectivity index (χ2n) is 3.64. The Balaban J connectivity index is 2.43. The van der Waals surface area contributed by atoms with E-state index in [9.17, 15) is 27.1 Å². The zero-order valence-electron chi connectivity index (χ0n) is 9.12. The Morgan fingerprint density at radius 1 is 1.06 bits per heavy atom. The summed E-state index contributed by atoms with van der Waals surface area (Å²) in [4.78, 5) is 0. The Bertz CT molecular complexity index is 363. The van der Waals surface area contributed by atoms with Gasteiger partial charge in [0.25, 0.3) is 0 Å². The van der Waals surface area contributed by atoms with Gasteiger partial charge in [0.1, 0.15) is 12.7 Å². The molecule has 1 atom stereocenters. The van der Waals surface area contributed by atoms with E-state index in [2.05, 4.69) is 4.74 Å². The molecular weight excluding hydrogens is 259 g/mol. The molecule has 18 heavy (non-hydrogen) atoms. The van der Waals surface area contributed by atoms with Crippen molar-refractivity contribution < 1.29 is 31.8 Å². The molecule has 0 aliphatic heterocycles. The van der Waals surface area contributed by atoms with Gasteiger partial charge in [-0.3, -0.25) is 0 Å². The molecule has 1 unspecified atom stereocenters. The highest BCUT2D eigenvalue weighted by atomic mass is 19.4. The Labute approximate surface area is 100.0 Å². The van der Waals surface area contributed by atoms with Crippen molar-refractivity contribution in [3.05, 3.63) is 35.9 Å². The van der Waals surface area contributed by atoms with E-state index in [-0.39, 0.29) is 0 Å². The highest BCUT2D eigenvalue weighted by molar-refractivity contribution is 5.17. The van der Waals surface area contributed by atoms with Gasteiger partial charge in [-0.05, 0) is 5.56 Å². The van der Waals surface area contributed by atoms with Gasteiger partial charge in [-0.25, -0.2) is 0 Å². The summed E-state index contributed by atoms with van der Waals surface area (Å²) in [6, 6.07) is 7.90. The van der Waals surface area contributed by atoms with Gasteiger partial charge in [0.2, 0.25) is 0 Å². The number of hydrogen-bond acceptors (Lipinski definition) is 2. The molecule has 102 valence electrons. The summed E-state index contributed by atoms with van der Waals surface area (Å²) in [6.45, 7) is -2.43. The van der Waals surface area contributed by atoms with Crippen molar-refractivity contribution in [2.45, 2.75) is 18.2 Å². The fourth-order valence-corrected chi connectivity index (χ4v) is 1.15. The maximum atomic E-state index is 12.5. The van der Waals surface area contributed by atoms with E-state index in [1.165, 1.54) is 12.1 Å². The highest BCUT2D eigenvalue weighted by Crippen LogP contribution is 2.35. The van der Waals surface area contributed by atoms with Gasteiger partial charge < -0.3 is 9.84 Å². The Hall–Kier alpha value is -1.21. The molecule has 7 heteroatoms. The summed E-state index contributed by atoms with van der Waals surface area (Å²) in [6.07, 6.45) is -6.89. The minimum Gasteiger partial charge on any atom is -0.386 e. The topological polar surface area (TPSA) is 29.5 Å². The van der Waals surface area contributed by atoms with Crippen LogP contribution in [0.15, 0.2) is 30.3 Å². The minimum atomic E-state index is -5.65. The van der Waals surface area contributed by atoms with Crippen molar-refractivity contribution in [2.75, 3.05) is 13.2 Å². The fraction of sp³-hybridized carbons (Fsp3) is 0.455. The number of ether oxygens (including phenoxy) is 1. The molecule has 0 bridgehead atoms. The lowest BCUT2D eigenvalue weighted by Crippen LogP contribution is -2.41. The summed E-state index contributed by atoms with van der Waals surface area (Å²) < 4.78 is 64.5. The van der Waals surface area contributed by atoms with Gasteiger partial charge in [0.15, 0.2) is 0 Å². The van der Waals surface area contributed by atoms with Crippen LogP contribution in [0.3, 0.4) is 0 Å². The molecule has 0 saturated carbocycles. The van der Waals surface area contributed by atoms with Crippen LogP contribution >= 0.6 is 0 Å². The van der Waals surface area contributed by atoms with E-state index in [0.29, 0.717) is 5.56 Å². The van der Waals surface area contributed by atoms with Crippen LogP contribution in [0, 0.1) is 0 Å². The highest BCUT2D eigenvalue weighted by Gasteiger charge is 2.57. The number of aliphatic hydroxyl groups excluding tert-OH is 1. The fourth-order valence-electron chi connectivity index (χ4n) is 1.15. The molecule has 0 heterocycles. The molecule has 0 aliphatic carbocycles. The van der Waals surface area contributed by atoms with Gasteiger partial charge in [-0.15, -0.1) is 0 Å². The van der Waals surface area contributed by atoms with Crippen LogP contribution in [0.5, 0.6) is 0 Å². The predicted octanol–water partition coefficient (Wildman–Crippen LogP) is 2.93. The second kappa shape index (κ2) is 5.62. The first-order valence-corrected chi connectivity index (χ1v) is 4.99. The molecule has 1 N–H and O–H groups in total. The van der Waals surface area contributed by atoms with E-state index < -0.39 is 31.4 Å². The van der Waals surface area contributed by atoms with Crippen molar-refractivity contribution in [1.29, 1.82) is 0 Å². The molecule has 1 aromatic rings. The normalized spacial score (nSPS) is 14.6. The first-order chi connectivity index (χ1) is 8.24. The maximum absolute atomic E-state index is 12.5. The third-order valence-corrected chi connectivity index (χ3v) is 2.16. The van der Waals surface area contributed by atoms with Crippen molar-refractivity contribution in [2.24, 2.45) is 0 Å². The summed E-state index contributed by atoms with van der Waals surface area (Å²) in [5.41, 5.74) is 0.382. The van der Waals surface area contributed by atoms with Crippen LogP contribution in [-0.2, 0) is 4.74 Å². The third-order valence-electron chi connectivity index (χ3n) is 2.16. The zero-order chi connectivity index (χ0) is 13.8. The van der Waals surface area contributed by atoms with E-state index in [4.69, 9.17) is 0 Å². The molecule has 0 fully saturated rings. The number of rotatable bonds is 5. The average Bonchev–Trinajstić information content (AvgIpc) is 2.28. The summed E-state index contributed by atoms with van der Waals surface area (Å²) >= 11 is 0. The molecule has 0 spiro atoms. The van der Waals surface area contributed by atoms with Crippen molar-refractivity contribution in [3.63, 3.8) is 0 Å². The number of alkyl halides is 5. The molecular formula is C11H11F5O2. The molecule has 0 amide bonds. The molecule has 0 radical (unpaired) electrons. The molecule has 0 aliphatic rings. The van der Waals surface area contributed by atoms with Crippen molar-refractivity contribution in [3.8, 4) is 0 Å². The Kier molecular flexibility index (Phi) is 4.64. The van der Waals surface area contributed by atoms with E-state index >= 15 is 0 Å². The second-order valence-corrected chi connectivity index (χ2v) is 3.64. The van der Waals surface area contributed by atoms with Gasteiger partial charge in [-0.2, -0.15) is 22.0 Å². The summed E-state index contributed by atoms with van der Waals surface area (Å²) in [7, 11) is 0. The lowest BCUT2D eigenvalue weighted by Gasteiger charge is -2.20. The lowest BCUT2D eigenvalue weighted by molar-refractivity contribution is -0.297. The smallest absolute Gasteiger partial charge is 0.386 e. The largest absolute Gasteiger partial charge is 0.455 e. The first-order valence-electron chi connectivity index (χ1n) is 4.99. The zero-order valence-corrected chi connectivity index (χ0v) is 9.12. The van der Waals surface area contributed by atoms with E-state index in [1.807, 2.05) is 0 Å². The number of benzene rings is 1. The van der Waals surface area contributed by atoms with Crippen LogP contribution < -0.4 is 0 Å². The van der Waals surface area contributed by atoms with Crippen LogP contribution in [0.2, 0.25) is 0 Å². The summed E-state index contributed by atoms with van der Waals surface area (Å²) in [5, 5.41) is 9.47.